The molecule has 10 heteroatoms. The van der Waals surface area contributed by atoms with Crippen LogP contribution < -0.4 is 10.5 Å². The van der Waals surface area contributed by atoms with Crippen LogP contribution in [-0.4, -0.2) is 57.7 Å². The van der Waals surface area contributed by atoms with Crippen LogP contribution in [0.4, 0.5) is 5.82 Å². The molecule has 0 fully saturated rings. The van der Waals surface area contributed by atoms with E-state index in [1.807, 2.05) is 10.6 Å². The molecule has 1 aliphatic heterocycles. The Kier molecular flexibility index (Phi) is 7.46. The average molecular weight is 532 g/mol. The maximum absolute atomic E-state index is 6.15. The number of aryl methyl sites for hydroxylation is 1. The number of hydrogen-bond donors (Lipinski definition) is 1. The van der Waals surface area contributed by atoms with Crippen molar-refractivity contribution in [3.05, 3.63) is 59.2 Å². The number of anilines is 1. The second-order valence-corrected chi connectivity index (χ2v) is 17.0. The largest absolute Gasteiger partial charge is 0.470 e. The first-order valence-corrected chi connectivity index (χ1v) is 16.8. The Balaban J connectivity index is 1.32. The zero-order valence-electron chi connectivity index (χ0n) is 23.0. The van der Waals surface area contributed by atoms with Gasteiger partial charge in [-0.1, -0.05) is 19.6 Å². The van der Waals surface area contributed by atoms with Crippen molar-refractivity contribution >= 4 is 25.1 Å². The lowest BCUT2D eigenvalue weighted by Crippen LogP contribution is -2.27. The van der Waals surface area contributed by atoms with Gasteiger partial charge in [0.2, 0.25) is 0 Å². The first-order chi connectivity index (χ1) is 18.2. The van der Waals surface area contributed by atoms with Gasteiger partial charge in [0.1, 0.15) is 18.9 Å². The minimum absolute atomic E-state index is 0.253. The number of nitrogen functional groups attached to an aromatic ring is 1. The van der Waals surface area contributed by atoms with Crippen LogP contribution in [0.3, 0.4) is 0 Å². The summed E-state index contributed by atoms with van der Waals surface area (Å²) in [6.45, 7) is 12.6. The number of hydrogen-bond acceptors (Lipinski definition) is 8. The highest BCUT2D eigenvalue weighted by Crippen LogP contribution is 2.30. The quantitative estimate of drug-likeness (QED) is 0.246. The molecular formula is C28H37N7O2Si. The number of likely N-dealkylation sites (N-methyl/N-ethyl adjacent to an activating group) is 1. The van der Waals surface area contributed by atoms with Gasteiger partial charge in [0.15, 0.2) is 11.5 Å². The van der Waals surface area contributed by atoms with Crippen molar-refractivity contribution < 1.29 is 9.47 Å². The molecule has 0 atom stereocenters. The Morgan fingerprint density at radius 1 is 1.13 bits per heavy atom. The van der Waals surface area contributed by atoms with E-state index in [9.17, 15) is 0 Å². The number of nitrogens with zero attached hydrogens (tertiary/aromatic N) is 6. The monoisotopic (exact) mass is 531 g/mol. The standard InChI is InChI=1S/C28H37N7O2Si/c1-19-12-21(13-22-15-34(2)9-7-23(19)22)24-14-31-26(29)28(33-24)37-16-20-6-8-30-27-25(20)32-17-35(27)18-36-10-11-38(3,4)5/h6,8,12-14,17H,7,9-11,15-16,18H2,1-5H3,(H2,29,31). The summed E-state index contributed by atoms with van der Waals surface area (Å²) in [6.07, 6.45) is 6.31. The minimum Gasteiger partial charge on any atom is -0.470 e. The molecule has 200 valence electrons. The van der Waals surface area contributed by atoms with Gasteiger partial charge < -0.3 is 20.1 Å². The first-order valence-electron chi connectivity index (χ1n) is 13.1. The van der Waals surface area contributed by atoms with Crippen LogP contribution >= 0.6 is 0 Å². The Morgan fingerprint density at radius 3 is 2.79 bits per heavy atom. The molecule has 0 saturated carbocycles. The number of rotatable bonds is 9. The van der Waals surface area contributed by atoms with Crippen LogP contribution in [0.1, 0.15) is 22.3 Å². The number of fused-ring (bicyclic) bond motifs is 2. The molecule has 4 heterocycles. The average Bonchev–Trinajstić information content (AvgIpc) is 3.29. The fourth-order valence-electron chi connectivity index (χ4n) is 4.75. The van der Waals surface area contributed by atoms with Crippen molar-refractivity contribution in [3.63, 3.8) is 0 Å². The van der Waals surface area contributed by atoms with Gasteiger partial charge in [-0.05, 0) is 61.3 Å². The predicted molar refractivity (Wildman–Crippen MR) is 153 cm³/mol. The molecule has 9 nitrogen and oxygen atoms in total. The molecule has 38 heavy (non-hydrogen) atoms. The number of imidazole rings is 1. The Morgan fingerprint density at radius 2 is 1.97 bits per heavy atom. The SMILES string of the molecule is Cc1cc(-c2cnc(N)c(OCc3ccnc4c3ncn4COCC[Si](C)(C)C)n2)cc2c1CCN(C)C2. The van der Waals surface area contributed by atoms with E-state index in [0.29, 0.717) is 12.6 Å². The lowest BCUT2D eigenvalue weighted by atomic mass is 9.92. The van der Waals surface area contributed by atoms with Gasteiger partial charge in [0.25, 0.3) is 5.88 Å². The molecule has 0 bridgehead atoms. The van der Waals surface area contributed by atoms with E-state index in [2.05, 4.69) is 65.6 Å². The number of ether oxygens (including phenoxy) is 2. The molecule has 0 spiro atoms. The van der Waals surface area contributed by atoms with Crippen molar-refractivity contribution in [2.24, 2.45) is 0 Å². The summed E-state index contributed by atoms with van der Waals surface area (Å²) >= 11 is 0. The molecule has 3 aromatic heterocycles. The minimum atomic E-state index is -1.13. The highest BCUT2D eigenvalue weighted by atomic mass is 28.3. The fourth-order valence-corrected chi connectivity index (χ4v) is 5.51. The summed E-state index contributed by atoms with van der Waals surface area (Å²) in [5.41, 5.74) is 14.4. The van der Waals surface area contributed by atoms with Crippen LogP contribution in [-0.2, 0) is 31.0 Å². The molecule has 4 aromatic rings. The normalized spacial score (nSPS) is 14.1. The van der Waals surface area contributed by atoms with Gasteiger partial charge in [0, 0.05) is 45.1 Å². The number of nitrogens with two attached hydrogens (primary N) is 1. The second-order valence-electron chi connectivity index (χ2n) is 11.4. The molecule has 0 amide bonds. The molecule has 0 aliphatic carbocycles. The third-order valence-corrected chi connectivity index (χ3v) is 8.69. The van der Waals surface area contributed by atoms with Gasteiger partial charge in [0.05, 0.1) is 18.2 Å². The molecule has 0 unspecified atom stereocenters. The Hall–Kier alpha value is -3.34. The lowest BCUT2D eigenvalue weighted by Gasteiger charge is -2.27. The molecule has 1 aromatic carbocycles. The van der Waals surface area contributed by atoms with E-state index >= 15 is 0 Å². The topological polar surface area (TPSA) is 104 Å². The summed E-state index contributed by atoms with van der Waals surface area (Å²) in [6, 6.07) is 7.42. The van der Waals surface area contributed by atoms with Crippen LogP contribution in [0.15, 0.2) is 36.9 Å². The number of pyridine rings is 1. The van der Waals surface area contributed by atoms with Gasteiger partial charge in [-0.2, -0.15) is 0 Å². The number of benzene rings is 1. The zero-order valence-corrected chi connectivity index (χ0v) is 24.0. The van der Waals surface area contributed by atoms with E-state index in [4.69, 9.17) is 20.2 Å². The summed E-state index contributed by atoms with van der Waals surface area (Å²) in [5.74, 6) is 0.573. The van der Waals surface area contributed by atoms with Crippen molar-refractivity contribution in [1.29, 1.82) is 0 Å². The van der Waals surface area contributed by atoms with Crippen molar-refractivity contribution in [3.8, 4) is 17.1 Å². The summed E-state index contributed by atoms with van der Waals surface area (Å²) in [5, 5.41) is 0. The zero-order chi connectivity index (χ0) is 26.9. The van der Waals surface area contributed by atoms with Crippen molar-refractivity contribution in [2.45, 2.75) is 58.9 Å². The third-order valence-electron chi connectivity index (χ3n) is 6.99. The Bertz CT molecular complexity index is 1450. The lowest BCUT2D eigenvalue weighted by molar-refractivity contribution is 0.0895. The van der Waals surface area contributed by atoms with Gasteiger partial charge in [-0.15, -0.1) is 0 Å². The van der Waals surface area contributed by atoms with E-state index in [-0.39, 0.29) is 12.4 Å². The summed E-state index contributed by atoms with van der Waals surface area (Å²) in [4.78, 5) is 20.6. The van der Waals surface area contributed by atoms with Crippen LogP contribution in [0.2, 0.25) is 25.7 Å². The molecule has 2 N–H and O–H groups in total. The smallest absolute Gasteiger partial charge is 0.258 e. The van der Waals surface area contributed by atoms with E-state index in [1.54, 1.807) is 18.7 Å². The maximum Gasteiger partial charge on any atom is 0.258 e. The predicted octanol–water partition coefficient (Wildman–Crippen LogP) is 4.66. The van der Waals surface area contributed by atoms with E-state index < -0.39 is 8.07 Å². The van der Waals surface area contributed by atoms with Crippen molar-refractivity contribution in [2.75, 3.05) is 25.9 Å². The van der Waals surface area contributed by atoms with Gasteiger partial charge >= 0.3 is 0 Å². The maximum atomic E-state index is 6.15. The first kappa shape index (κ1) is 26.3. The molecule has 0 saturated heterocycles. The van der Waals surface area contributed by atoms with Crippen LogP contribution in [0.5, 0.6) is 5.88 Å². The van der Waals surface area contributed by atoms with Gasteiger partial charge in [-0.25, -0.2) is 19.9 Å². The van der Waals surface area contributed by atoms with E-state index in [1.165, 1.54) is 16.7 Å². The van der Waals surface area contributed by atoms with Gasteiger partial charge in [-0.3, -0.25) is 4.57 Å². The molecular weight excluding hydrogens is 494 g/mol. The molecule has 5 rings (SSSR count). The number of aromatic nitrogens is 5. The molecule has 0 radical (unpaired) electrons. The summed E-state index contributed by atoms with van der Waals surface area (Å²) in [7, 11) is 1.02. The summed E-state index contributed by atoms with van der Waals surface area (Å²) < 4.78 is 13.9. The fraction of sp³-hybridized carbons (Fsp3) is 0.429. The third kappa shape index (κ3) is 5.87. The second kappa shape index (κ2) is 10.8. The van der Waals surface area contributed by atoms with Crippen LogP contribution in [0.25, 0.3) is 22.4 Å². The van der Waals surface area contributed by atoms with Crippen molar-refractivity contribution in [1.82, 2.24) is 29.4 Å². The highest BCUT2D eigenvalue weighted by Gasteiger charge is 2.18. The van der Waals surface area contributed by atoms with E-state index in [0.717, 1.165) is 60.1 Å². The highest BCUT2D eigenvalue weighted by molar-refractivity contribution is 6.76. The Labute approximate surface area is 225 Å². The van der Waals surface area contributed by atoms with Crippen LogP contribution in [0, 0.1) is 6.92 Å². The molecule has 1 aliphatic rings.